The molecule has 54 heavy (non-hydrogen) atoms. The van der Waals surface area contributed by atoms with Gasteiger partial charge in [-0.2, -0.15) is 0 Å². The van der Waals surface area contributed by atoms with Crippen molar-refractivity contribution < 1.29 is 0 Å². The number of benzene rings is 7. The molecule has 2 heteroatoms. The quantitative estimate of drug-likeness (QED) is 0.171. The van der Waals surface area contributed by atoms with Crippen molar-refractivity contribution in [1.29, 1.82) is 0 Å². The van der Waals surface area contributed by atoms with Crippen molar-refractivity contribution in [2.24, 2.45) is 5.92 Å². The summed E-state index contributed by atoms with van der Waals surface area (Å²) in [6, 6.07) is 63.0. The Morgan fingerprint density at radius 1 is 0.407 bits per heavy atom. The highest BCUT2D eigenvalue weighted by Gasteiger charge is 2.61. The molecule has 0 fully saturated rings. The molecule has 0 N–H and O–H groups in total. The first kappa shape index (κ1) is 32.3. The minimum Gasteiger partial charge on any atom is -0.310 e. The largest absolute Gasteiger partial charge is 0.310 e. The molecule has 260 valence electrons. The highest BCUT2D eigenvalue weighted by Crippen LogP contribution is 2.68. The molecule has 2 atom stereocenters. The number of aryl methyl sites for hydroxylation is 2. The lowest BCUT2D eigenvalue weighted by Gasteiger charge is -2.40. The maximum Gasteiger partial charge on any atom is 0.0542 e. The minimum atomic E-state index is -0.423. The van der Waals surface area contributed by atoms with Gasteiger partial charge < -0.3 is 9.80 Å². The molecule has 0 heterocycles. The van der Waals surface area contributed by atoms with E-state index in [4.69, 9.17) is 0 Å². The van der Waals surface area contributed by atoms with Crippen molar-refractivity contribution in [3.05, 3.63) is 228 Å². The van der Waals surface area contributed by atoms with Crippen molar-refractivity contribution in [2.45, 2.75) is 31.6 Å². The number of hydrogen-bond acceptors (Lipinski definition) is 2. The summed E-state index contributed by atoms with van der Waals surface area (Å²) in [4.78, 5) is 4.84. The van der Waals surface area contributed by atoms with Crippen LogP contribution in [0.5, 0.6) is 0 Å². The Morgan fingerprint density at radius 3 is 1.39 bits per heavy atom. The molecule has 0 radical (unpaired) electrons. The zero-order valence-corrected chi connectivity index (χ0v) is 30.9. The van der Waals surface area contributed by atoms with E-state index in [-0.39, 0.29) is 11.3 Å². The van der Waals surface area contributed by atoms with Crippen LogP contribution in [0.4, 0.5) is 34.1 Å². The smallest absolute Gasteiger partial charge is 0.0542 e. The van der Waals surface area contributed by atoms with Crippen LogP contribution in [0.3, 0.4) is 0 Å². The van der Waals surface area contributed by atoms with Gasteiger partial charge in [0, 0.05) is 45.5 Å². The second kappa shape index (κ2) is 12.4. The average Bonchev–Trinajstić information content (AvgIpc) is 3.62. The van der Waals surface area contributed by atoms with Crippen LogP contribution in [-0.4, -0.2) is 0 Å². The molecule has 2 unspecified atom stereocenters. The minimum absolute atomic E-state index is 0.172. The molecule has 0 aromatic heterocycles. The summed E-state index contributed by atoms with van der Waals surface area (Å²) in [5.41, 5.74) is 16.9. The molecular weight excluding hydrogens is 653 g/mol. The average molecular weight is 695 g/mol. The van der Waals surface area contributed by atoms with Crippen molar-refractivity contribution in [2.75, 3.05) is 9.80 Å². The van der Waals surface area contributed by atoms with Gasteiger partial charge in [0.15, 0.2) is 0 Å². The van der Waals surface area contributed by atoms with Crippen LogP contribution >= 0.6 is 0 Å². The lowest BCUT2D eigenvalue weighted by Crippen LogP contribution is -2.39. The number of rotatable bonds is 6. The lowest BCUT2D eigenvalue weighted by molar-refractivity contribution is 0.372. The second-order valence-corrected chi connectivity index (χ2v) is 15.3. The zero-order valence-electron chi connectivity index (χ0n) is 30.9. The first-order valence-corrected chi connectivity index (χ1v) is 19.1. The van der Waals surface area contributed by atoms with Gasteiger partial charge in [0.2, 0.25) is 0 Å². The van der Waals surface area contributed by atoms with E-state index >= 15 is 0 Å². The Kier molecular flexibility index (Phi) is 7.39. The Hall–Kier alpha value is -6.38. The summed E-state index contributed by atoms with van der Waals surface area (Å²) in [5.74, 6) is 0.172. The van der Waals surface area contributed by atoms with Crippen molar-refractivity contribution in [3.63, 3.8) is 0 Å². The van der Waals surface area contributed by atoms with Gasteiger partial charge in [0.05, 0.1) is 5.41 Å². The van der Waals surface area contributed by atoms with Crippen molar-refractivity contribution in [1.82, 2.24) is 0 Å². The van der Waals surface area contributed by atoms with Gasteiger partial charge >= 0.3 is 0 Å². The van der Waals surface area contributed by atoms with E-state index in [0.717, 1.165) is 34.1 Å². The molecule has 2 nitrogen and oxygen atoms in total. The summed E-state index contributed by atoms with van der Waals surface area (Å²) in [6.07, 6.45) is 9.46. The van der Waals surface area contributed by atoms with E-state index in [1.165, 1.54) is 44.5 Å². The van der Waals surface area contributed by atoms with Crippen LogP contribution in [0.2, 0.25) is 0 Å². The molecule has 1 spiro atoms. The summed E-state index contributed by atoms with van der Waals surface area (Å²) >= 11 is 0. The van der Waals surface area contributed by atoms with E-state index in [1.807, 2.05) is 0 Å². The Bertz CT molecular complexity index is 2480. The highest BCUT2D eigenvalue weighted by molar-refractivity contribution is 5.92. The van der Waals surface area contributed by atoms with Crippen LogP contribution in [0.1, 0.15) is 40.3 Å². The predicted octanol–water partition coefficient (Wildman–Crippen LogP) is 13.6. The molecule has 10 rings (SSSR count). The monoisotopic (exact) mass is 694 g/mol. The van der Waals surface area contributed by atoms with Crippen LogP contribution in [0, 0.1) is 19.8 Å². The van der Waals surface area contributed by atoms with Crippen LogP contribution in [-0.2, 0) is 10.8 Å². The number of allylic oxidation sites excluding steroid dienone is 4. The fourth-order valence-corrected chi connectivity index (χ4v) is 9.87. The number of para-hydroxylation sites is 2. The van der Waals surface area contributed by atoms with Gasteiger partial charge in [-0.1, -0.05) is 128 Å². The predicted molar refractivity (Wildman–Crippen MR) is 226 cm³/mol. The first-order valence-electron chi connectivity index (χ1n) is 19.1. The number of nitrogens with zero attached hydrogens (tertiary/aromatic N) is 2. The van der Waals surface area contributed by atoms with Gasteiger partial charge in [0.25, 0.3) is 0 Å². The molecule has 3 aliphatic carbocycles. The third kappa shape index (κ3) is 4.73. The third-order valence-corrected chi connectivity index (χ3v) is 12.1. The summed E-state index contributed by atoms with van der Waals surface area (Å²) in [6.45, 7) is 6.79. The zero-order chi connectivity index (χ0) is 36.4. The molecule has 0 saturated carbocycles. The van der Waals surface area contributed by atoms with Crippen LogP contribution in [0.25, 0.3) is 11.1 Å². The second-order valence-electron chi connectivity index (χ2n) is 15.3. The maximum absolute atomic E-state index is 2.51. The number of hydrogen-bond donors (Lipinski definition) is 0. The van der Waals surface area contributed by atoms with Gasteiger partial charge in [0.1, 0.15) is 0 Å². The Balaban J connectivity index is 1.26. The van der Waals surface area contributed by atoms with Crippen molar-refractivity contribution >= 4 is 34.1 Å². The molecular formula is C52H42N2. The number of fused-ring (bicyclic) bond motifs is 10. The van der Waals surface area contributed by atoms with E-state index in [1.54, 1.807) is 0 Å². The van der Waals surface area contributed by atoms with Gasteiger partial charge in [-0.25, -0.2) is 0 Å². The van der Waals surface area contributed by atoms with Crippen LogP contribution in [0.15, 0.2) is 194 Å². The molecule has 7 aromatic carbocycles. The van der Waals surface area contributed by atoms with Crippen LogP contribution < -0.4 is 9.80 Å². The Labute approximate surface area is 319 Å². The molecule has 7 aromatic rings. The molecule has 0 amide bonds. The summed E-state index contributed by atoms with van der Waals surface area (Å²) in [7, 11) is 0. The summed E-state index contributed by atoms with van der Waals surface area (Å²) < 4.78 is 0. The Morgan fingerprint density at radius 2 is 0.870 bits per heavy atom. The highest BCUT2D eigenvalue weighted by atomic mass is 15.1. The van der Waals surface area contributed by atoms with Crippen molar-refractivity contribution in [3.8, 4) is 11.1 Å². The summed E-state index contributed by atoms with van der Waals surface area (Å²) in [5, 5.41) is 0. The van der Waals surface area contributed by atoms with E-state index < -0.39 is 5.41 Å². The standard InChI is InChI=1S/C52H42N2/c1-36-16-14-22-40(32-36)53(38-18-6-4-7-19-38)42-27-29-44-45-30-28-43(54(39-20-8-5-9-21-39)41-23-15-17-37(2)33-41)35-49(45)52(48(44)34-42)47-25-11-10-24-46(47)51(3)31-13-12-26-50(51)52/h4-35,50H,1-3H3. The normalized spacial score (nSPS) is 18.2. The number of anilines is 6. The fourth-order valence-electron chi connectivity index (χ4n) is 9.87. The van der Waals surface area contributed by atoms with Gasteiger partial charge in [-0.15, -0.1) is 0 Å². The molecule has 0 aliphatic heterocycles. The van der Waals surface area contributed by atoms with E-state index in [0.29, 0.717) is 0 Å². The molecule has 3 aliphatic rings. The lowest BCUT2D eigenvalue weighted by atomic mass is 9.61. The van der Waals surface area contributed by atoms with Gasteiger partial charge in [-0.05, 0) is 131 Å². The topological polar surface area (TPSA) is 6.48 Å². The third-order valence-electron chi connectivity index (χ3n) is 12.1. The van der Waals surface area contributed by atoms with E-state index in [9.17, 15) is 0 Å². The SMILES string of the molecule is Cc1cccc(N(c2ccccc2)c2ccc3c(c2)C2(c4cc(N(c5ccccc5)c5cccc(C)c5)ccc4-3)c3ccccc3C3(C)C=CC=CC32)c1. The van der Waals surface area contributed by atoms with E-state index in [2.05, 4.69) is 225 Å². The fraction of sp³-hybridized carbons (Fsp3) is 0.115. The van der Waals surface area contributed by atoms with Gasteiger partial charge in [-0.3, -0.25) is 0 Å². The first-order chi connectivity index (χ1) is 26.5. The molecule has 0 saturated heterocycles. The maximum atomic E-state index is 2.51. The molecule has 0 bridgehead atoms.